The zero-order valence-corrected chi connectivity index (χ0v) is 11.4. The van der Waals surface area contributed by atoms with Gasteiger partial charge in [0, 0.05) is 30.6 Å². The molecule has 6 heteroatoms. The number of carbonyl (C=O) groups excluding carboxylic acids is 1. The molecule has 5 nitrogen and oxygen atoms in total. The molecule has 0 aromatic carbocycles. The fourth-order valence-electron chi connectivity index (χ4n) is 1.44. The molecule has 1 aromatic rings. The van der Waals surface area contributed by atoms with Gasteiger partial charge in [-0.3, -0.25) is 4.79 Å². The van der Waals surface area contributed by atoms with E-state index in [0.29, 0.717) is 5.56 Å². The van der Waals surface area contributed by atoms with E-state index in [-0.39, 0.29) is 17.6 Å². The van der Waals surface area contributed by atoms with E-state index in [1.807, 2.05) is 13.2 Å². The van der Waals surface area contributed by atoms with Crippen molar-refractivity contribution in [2.45, 2.75) is 13.0 Å². The van der Waals surface area contributed by atoms with E-state index >= 15 is 0 Å². The molecule has 1 rings (SSSR count). The monoisotopic (exact) mass is 268 g/mol. The Morgan fingerprint density at radius 2 is 2.22 bits per heavy atom. The minimum atomic E-state index is -1.13. The van der Waals surface area contributed by atoms with Crippen molar-refractivity contribution in [2.75, 3.05) is 19.1 Å². The number of hydrogen-bond donors (Lipinski definition) is 1. The van der Waals surface area contributed by atoms with E-state index in [9.17, 15) is 9.59 Å². The van der Waals surface area contributed by atoms with Crippen molar-refractivity contribution in [3.8, 4) is 0 Å². The molecule has 1 aromatic heterocycles. The number of carboxylic acid groups (broad SMARTS) is 1. The van der Waals surface area contributed by atoms with Crippen LogP contribution in [-0.2, 0) is 0 Å². The van der Waals surface area contributed by atoms with Gasteiger partial charge in [-0.25, -0.2) is 9.78 Å². The first-order valence-corrected chi connectivity index (χ1v) is 6.82. The topological polar surface area (TPSA) is 70.5 Å². The molecule has 0 spiro atoms. The molecule has 1 atom stereocenters. The summed E-state index contributed by atoms with van der Waals surface area (Å²) in [7, 11) is 1.71. The molecule has 0 saturated heterocycles. The Bertz CT molecular complexity index is 451. The van der Waals surface area contributed by atoms with Crippen LogP contribution in [-0.4, -0.2) is 52.0 Å². The standard InChI is InChI=1S/C12H16N2O3S/c1-8(7-18-3)14(2)11(15)9-4-5-13-10(6-9)12(16)17/h4-6,8H,7H2,1-3H3,(H,16,17). The van der Waals surface area contributed by atoms with Crippen LogP contribution in [0.15, 0.2) is 18.3 Å². The number of carboxylic acids is 1. The second kappa shape index (κ2) is 6.39. The van der Waals surface area contributed by atoms with Crippen LogP contribution in [0, 0.1) is 0 Å². The van der Waals surface area contributed by atoms with Crippen molar-refractivity contribution in [3.63, 3.8) is 0 Å². The SMILES string of the molecule is CSCC(C)N(C)C(=O)c1ccnc(C(=O)O)c1. The lowest BCUT2D eigenvalue weighted by molar-refractivity contribution is 0.0690. The molecule has 18 heavy (non-hydrogen) atoms. The van der Waals surface area contributed by atoms with Crippen LogP contribution in [0.1, 0.15) is 27.8 Å². The summed E-state index contributed by atoms with van der Waals surface area (Å²) in [4.78, 5) is 28.2. The molecule has 0 fully saturated rings. The van der Waals surface area contributed by atoms with Crippen LogP contribution >= 0.6 is 11.8 Å². The first-order valence-electron chi connectivity index (χ1n) is 5.42. The van der Waals surface area contributed by atoms with Crippen molar-refractivity contribution in [1.29, 1.82) is 0 Å². The lowest BCUT2D eigenvalue weighted by Gasteiger charge is -2.24. The Labute approximate surface area is 110 Å². The number of carbonyl (C=O) groups is 2. The van der Waals surface area contributed by atoms with Gasteiger partial charge in [0.2, 0.25) is 0 Å². The molecule has 0 bridgehead atoms. The molecule has 0 aliphatic heterocycles. The number of amides is 1. The summed E-state index contributed by atoms with van der Waals surface area (Å²) >= 11 is 1.66. The molecule has 98 valence electrons. The summed E-state index contributed by atoms with van der Waals surface area (Å²) in [5, 5.41) is 8.83. The zero-order valence-electron chi connectivity index (χ0n) is 10.6. The summed E-state index contributed by atoms with van der Waals surface area (Å²) < 4.78 is 0. The molecule has 0 radical (unpaired) electrons. The molecular formula is C12H16N2O3S. The number of hydrogen-bond acceptors (Lipinski definition) is 4. The minimum absolute atomic E-state index is 0.0916. The van der Waals surface area contributed by atoms with E-state index in [4.69, 9.17) is 5.11 Å². The van der Waals surface area contributed by atoms with Crippen molar-refractivity contribution in [1.82, 2.24) is 9.88 Å². The van der Waals surface area contributed by atoms with Gasteiger partial charge >= 0.3 is 5.97 Å². The highest BCUT2D eigenvalue weighted by molar-refractivity contribution is 7.98. The zero-order chi connectivity index (χ0) is 13.7. The van der Waals surface area contributed by atoms with Gasteiger partial charge in [-0.1, -0.05) is 0 Å². The summed E-state index contributed by atoms with van der Waals surface area (Å²) in [5.41, 5.74) is 0.227. The fourth-order valence-corrected chi connectivity index (χ4v) is 2.14. The molecule has 1 unspecified atom stereocenters. The van der Waals surface area contributed by atoms with Gasteiger partial charge in [-0.2, -0.15) is 11.8 Å². The molecule has 1 heterocycles. The van der Waals surface area contributed by atoms with E-state index < -0.39 is 5.97 Å². The third kappa shape index (κ3) is 3.46. The highest BCUT2D eigenvalue weighted by Gasteiger charge is 2.18. The number of pyridine rings is 1. The van der Waals surface area contributed by atoms with Crippen LogP contribution in [0.25, 0.3) is 0 Å². The second-order valence-corrected chi connectivity index (χ2v) is 4.87. The highest BCUT2D eigenvalue weighted by Crippen LogP contribution is 2.10. The average Bonchev–Trinajstić information content (AvgIpc) is 2.37. The quantitative estimate of drug-likeness (QED) is 0.878. The Morgan fingerprint density at radius 1 is 1.56 bits per heavy atom. The van der Waals surface area contributed by atoms with Gasteiger partial charge < -0.3 is 10.0 Å². The molecule has 1 N–H and O–H groups in total. The largest absolute Gasteiger partial charge is 0.477 e. The van der Waals surface area contributed by atoms with Crippen LogP contribution in [0.2, 0.25) is 0 Å². The molecular weight excluding hydrogens is 252 g/mol. The van der Waals surface area contributed by atoms with Crippen LogP contribution in [0.4, 0.5) is 0 Å². The van der Waals surface area contributed by atoms with Crippen molar-refractivity contribution in [3.05, 3.63) is 29.6 Å². The van der Waals surface area contributed by atoms with E-state index in [2.05, 4.69) is 4.98 Å². The number of rotatable bonds is 5. The van der Waals surface area contributed by atoms with Crippen LogP contribution in [0.5, 0.6) is 0 Å². The number of nitrogens with zero attached hydrogens (tertiary/aromatic N) is 2. The van der Waals surface area contributed by atoms with Gasteiger partial charge in [0.05, 0.1) is 0 Å². The first kappa shape index (κ1) is 14.5. The van der Waals surface area contributed by atoms with Gasteiger partial charge in [0.1, 0.15) is 5.69 Å². The van der Waals surface area contributed by atoms with E-state index in [1.54, 1.807) is 23.7 Å². The van der Waals surface area contributed by atoms with Crippen molar-refractivity contribution < 1.29 is 14.7 Å². The normalized spacial score (nSPS) is 11.9. The van der Waals surface area contributed by atoms with Gasteiger partial charge in [-0.15, -0.1) is 0 Å². The number of aromatic carboxylic acids is 1. The minimum Gasteiger partial charge on any atom is -0.477 e. The Hall–Kier alpha value is -1.56. The molecule has 0 aliphatic carbocycles. The fraction of sp³-hybridized carbons (Fsp3) is 0.417. The maximum atomic E-state index is 12.1. The predicted octanol–water partition coefficient (Wildman–Crippen LogP) is 1.60. The molecule has 1 amide bonds. The summed E-state index contributed by atoms with van der Waals surface area (Å²) in [5.74, 6) is -0.495. The summed E-state index contributed by atoms with van der Waals surface area (Å²) in [6.45, 7) is 1.95. The van der Waals surface area contributed by atoms with Crippen molar-refractivity contribution in [2.24, 2.45) is 0 Å². The van der Waals surface area contributed by atoms with E-state index in [0.717, 1.165) is 5.75 Å². The van der Waals surface area contributed by atoms with Crippen LogP contribution < -0.4 is 0 Å². The Balaban J connectivity index is 2.89. The summed E-state index contributed by atoms with van der Waals surface area (Å²) in [6, 6.07) is 2.92. The molecule has 0 aliphatic rings. The average molecular weight is 268 g/mol. The number of thioether (sulfide) groups is 1. The Kier molecular flexibility index (Phi) is 5.15. The molecule has 0 saturated carbocycles. The van der Waals surface area contributed by atoms with Gasteiger partial charge in [0.25, 0.3) is 5.91 Å². The van der Waals surface area contributed by atoms with Crippen LogP contribution in [0.3, 0.4) is 0 Å². The lowest BCUT2D eigenvalue weighted by Crippen LogP contribution is -2.36. The first-order chi connectivity index (χ1) is 8.47. The van der Waals surface area contributed by atoms with Crippen molar-refractivity contribution >= 4 is 23.6 Å². The van der Waals surface area contributed by atoms with E-state index in [1.165, 1.54) is 18.3 Å². The predicted molar refractivity (Wildman–Crippen MR) is 71.1 cm³/mol. The maximum Gasteiger partial charge on any atom is 0.354 e. The smallest absolute Gasteiger partial charge is 0.354 e. The maximum absolute atomic E-state index is 12.1. The second-order valence-electron chi connectivity index (χ2n) is 3.96. The lowest BCUT2D eigenvalue weighted by atomic mass is 10.2. The third-order valence-corrected chi connectivity index (χ3v) is 3.43. The summed E-state index contributed by atoms with van der Waals surface area (Å²) in [6.07, 6.45) is 3.31. The Morgan fingerprint density at radius 3 is 2.78 bits per heavy atom. The van der Waals surface area contributed by atoms with Gasteiger partial charge in [0.15, 0.2) is 0 Å². The van der Waals surface area contributed by atoms with Gasteiger partial charge in [-0.05, 0) is 25.3 Å². The highest BCUT2D eigenvalue weighted by atomic mass is 32.2. The number of aromatic nitrogens is 1. The third-order valence-electron chi connectivity index (χ3n) is 2.62.